The molecule has 7 nitrogen and oxygen atoms in total. The molecule has 2 aromatic rings. The molecule has 9 heteroatoms. The molecule has 2 N–H and O–H groups in total. The Labute approximate surface area is 184 Å². The number of likely N-dealkylation sites (N-methyl/N-ethyl adjacent to an activating group) is 1. The Morgan fingerprint density at radius 2 is 1.71 bits per heavy atom. The van der Waals surface area contributed by atoms with E-state index in [9.17, 15) is 12.8 Å². The van der Waals surface area contributed by atoms with Crippen LogP contribution >= 0.6 is 0 Å². The van der Waals surface area contributed by atoms with Gasteiger partial charge in [-0.3, -0.25) is 4.99 Å². The second-order valence-corrected chi connectivity index (χ2v) is 9.45. The summed E-state index contributed by atoms with van der Waals surface area (Å²) in [6, 6.07) is 13.5. The third kappa shape index (κ3) is 6.25. The van der Waals surface area contributed by atoms with Crippen LogP contribution in [-0.2, 0) is 23.0 Å². The van der Waals surface area contributed by atoms with E-state index in [1.54, 1.807) is 35.6 Å². The quantitative estimate of drug-likeness (QED) is 0.499. The number of aliphatic imine (C=N–C) groups is 1. The van der Waals surface area contributed by atoms with E-state index in [1.165, 1.54) is 12.1 Å². The molecule has 1 heterocycles. The topological polar surface area (TPSA) is 77.0 Å². The van der Waals surface area contributed by atoms with Gasteiger partial charge in [-0.1, -0.05) is 30.3 Å². The highest BCUT2D eigenvalue weighted by atomic mass is 32.2. The van der Waals surface area contributed by atoms with E-state index in [-0.39, 0.29) is 5.82 Å². The van der Waals surface area contributed by atoms with Crippen LogP contribution in [0, 0.1) is 5.82 Å². The summed E-state index contributed by atoms with van der Waals surface area (Å²) in [4.78, 5) is 6.66. The molecule has 31 heavy (non-hydrogen) atoms. The fourth-order valence-electron chi connectivity index (χ4n) is 3.44. The first kappa shape index (κ1) is 23.2. The number of piperazine rings is 1. The minimum Gasteiger partial charge on any atom is -0.356 e. The van der Waals surface area contributed by atoms with Crippen LogP contribution in [0.1, 0.15) is 11.1 Å². The predicted octanol–water partition coefficient (Wildman–Crippen LogP) is 1.67. The fourth-order valence-corrected chi connectivity index (χ4v) is 5.09. The largest absolute Gasteiger partial charge is 0.356 e. The number of benzene rings is 2. The van der Waals surface area contributed by atoms with Gasteiger partial charge in [-0.25, -0.2) is 12.8 Å². The number of hydrogen-bond donors (Lipinski definition) is 2. The molecule has 168 valence electrons. The zero-order valence-corrected chi connectivity index (χ0v) is 18.8. The van der Waals surface area contributed by atoms with Crippen molar-refractivity contribution in [2.45, 2.75) is 17.9 Å². The van der Waals surface area contributed by atoms with Crippen molar-refractivity contribution < 1.29 is 12.8 Å². The van der Waals surface area contributed by atoms with Gasteiger partial charge >= 0.3 is 0 Å². The van der Waals surface area contributed by atoms with Gasteiger partial charge in [-0.2, -0.15) is 4.31 Å². The van der Waals surface area contributed by atoms with Crippen molar-refractivity contribution >= 4 is 16.0 Å². The van der Waals surface area contributed by atoms with Crippen LogP contribution < -0.4 is 10.6 Å². The standard InChI is InChI=1S/C22H30FN5O2S/c1-24-22(25-12-11-18-7-9-20(23)10-8-18)26-17-19-5-3-4-6-21(19)31(29,30)28-15-13-27(2)14-16-28/h3-10H,11-17H2,1-2H3,(H2,24,25,26). The molecule has 1 fully saturated rings. The van der Waals surface area contributed by atoms with Gasteiger partial charge in [0.1, 0.15) is 5.82 Å². The van der Waals surface area contributed by atoms with Crippen molar-refractivity contribution in [3.05, 3.63) is 65.5 Å². The monoisotopic (exact) mass is 447 g/mol. The lowest BCUT2D eigenvalue weighted by molar-refractivity contribution is 0.222. The highest BCUT2D eigenvalue weighted by Crippen LogP contribution is 2.21. The molecular weight excluding hydrogens is 417 g/mol. The van der Waals surface area contributed by atoms with Crippen molar-refractivity contribution in [3.63, 3.8) is 0 Å². The SMILES string of the molecule is CN=C(NCCc1ccc(F)cc1)NCc1ccccc1S(=O)(=O)N1CCN(C)CC1. The Morgan fingerprint density at radius 3 is 2.39 bits per heavy atom. The minimum absolute atomic E-state index is 0.251. The zero-order chi connectivity index (χ0) is 22.3. The van der Waals surface area contributed by atoms with E-state index >= 15 is 0 Å². The maximum absolute atomic E-state index is 13.2. The van der Waals surface area contributed by atoms with Gasteiger partial charge in [-0.05, 0) is 42.8 Å². The summed E-state index contributed by atoms with van der Waals surface area (Å²) in [5.41, 5.74) is 1.72. The van der Waals surface area contributed by atoms with Crippen LogP contribution in [-0.4, -0.2) is 70.4 Å². The summed E-state index contributed by atoms with van der Waals surface area (Å²) >= 11 is 0. The van der Waals surface area contributed by atoms with Crippen molar-refractivity contribution in [2.24, 2.45) is 4.99 Å². The molecular formula is C22H30FN5O2S. The van der Waals surface area contributed by atoms with Gasteiger partial charge in [0.2, 0.25) is 10.0 Å². The number of halogens is 1. The molecule has 1 aliphatic rings. The maximum atomic E-state index is 13.2. The second-order valence-electron chi connectivity index (χ2n) is 7.54. The molecule has 0 saturated carbocycles. The number of nitrogens with one attached hydrogen (secondary N) is 2. The first-order valence-corrected chi connectivity index (χ1v) is 11.8. The van der Waals surface area contributed by atoms with Gasteiger partial charge in [0.15, 0.2) is 5.96 Å². The Bertz CT molecular complexity index is 987. The number of guanidine groups is 1. The zero-order valence-electron chi connectivity index (χ0n) is 18.0. The van der Waals surface area contributed by atoms with E-state index in [0.717, 1.165) is 25.1 Å². The van der Waals surface area contributed by atoms with Crippen molar-refractivity contribution in [1.82, 2.24) is 19.8 Å². The van der Waals surface area contributed by atoms with Gasteiger partial charge in [0.25, 0.3) is 0 Å². The molecule has 3 rings (SSSR count). The molecule has 1 aliphatic heterocycles. The summed E-state index contributed by atoms with van der Waals surface area (Å²) in [7, 11) is 0.112. The summed E-state index contributed by atoms with van der Waals surface area (Å²) < 4.78 is 40.9. The van der Waals surface area contributed by atoms with Crippen molar-refractivity contribution in [2.75, 3.05) is 46.8 Å². The molecule has 0 atom stereocenters. The van der Waals surface area contributed by atoms with Crippen molar-refractivity contribution in [1.29, 1.82) is 0 Å². The predicted molar refractivity (Wildman–Crippen MR) is 121 cm³/mol. The molecule has 0 spiro atoms. The van der Waals surface area contributed by atoms with Crippen LogP contribution in [0.3, 0.4) is 0 Å². The van der Waals surface area contributed by atoms with Crippen LogP contribution in [0.2, 0.25) is 0 Å². The number of sulfonamides is 1. The molecule has 0 radical (unpaired) electrons. The van der Waals surface area contributed by atoms with Crippen LogP contribution in [0.4, 0.5) is 4.39 Å². The second kappa shape index (κ2) is 10.7. The summed E-state index contributed by atoms with van der Waals surface area (Å²) in [6.07, 6.45) is 0.718. The molecule has 0 aliphatic carbocycles. The fraction of sp³-hybridized carbons (Fsp3) is 0.409. The molecule has 1 saturated heterocycles. The number of hydrogen-bond acceptors (Lipinski definition) is 4. The number of rotatable bonds is 7. The lowest BCUT2D eigenvalue weighted by atomic mass is 10.1. The summed E-state index contributed by atoms with van der Waals surface area (Å²) in [5, 5.41) is 6.40. The van der Waals surface area contributed by atoms with Crippen molar-refractivity contribution in [3.8, 4) is 0 Å². The van der Waals surface area contributed by atoms with Gasteiger partial charge in [0.05, 0.1) is 4.90 Å². The first-order valence-electron chi connectivity index (χ1n) is 10.4. The molecule has 0 amide bonds. The van der Waals surface area contributed by atoms with Crippen LogP contribution in [0.15, 0.2) is 58.4 Å². The molecule has 0 bridgehead atoms. The smallest absolute Gasteiger partial charge is 0.243 e. The average Bonchev–Trinajstić information content (AvgIpc) is 2.78. The Morgan fingerprint density at radius 1 is 1.03 bits per heavy atom. The molecule has 2 aromatic carbocycles. The molecule has 0 unspecified atom stereocenters. The van der Waals surface area contributed by atoms with Gasteiger partial charge in [0, 0.05) is 46.3 Å². The van der Waals surface area contributed by atoms with Crippen LogP contribution in [0.25, 0.3) is 0 Å². The van der Waals surface area contributed by atoms with E-state index in [1.807, 2.05) is 19.2 Å². The van der Waals surface area contributed by atoms with E-state index in [0.29, 0.717) is 42.6 Å². The minimum atomic E-state index is -3.55. The first-order chi connectivity index (χ1) is 14.9. The van der Waals surface area contributed by atoms with E-state index in [2.05, 4.69) is 20.5 Å². The number of nitrogens with zero attached hydrogens (tertiary/aromatic N) is 3. The Kier molecular flexibility index (Phi) is 8.00. The Hall–Kier alpha value is -2.49. The van der Waals surface area contributed by atoms with Crippen LogP contribution in [0.5, 0.6) is 0 Å². The summed E-state index contributed by atoms with van der Waals surface area (Å²) in [6.45, 7) is 3.39. The third-order valence-electron chi connectivity index (χ3n) is 5.34. The average molecular weight is 448 g/mol. The van der Waals surface area contributed by atoms with E-state index < -0.39 is 10.0 Å². The molecule has 0 aromatic heterocycles. The van der Waals surface area contributed by atoms with Gasteiger partial charge in [-0.15, -0.1) is 0 Å². The lowest BCUT2D eigenvalue weighted by Crippen LogP contribution is -2.47. The third-order valence-corrected chi connectivity index (χ3v) is 7.34. The highest BCUT2D eigenvalue weighted by Gasteiger charge is 2.29. The van der Waals surface area contributed by atoms with Gasteiger partial charge < -0.3 is 15.5 Å². The lowest BCUT2D eigenvalue weighted by Gasteiger charge is -2.32. The van der Waals surface area contributed by atoms with E-state index in [4.69, 9.17) is 0 Å². The summed E-state index contributed by atoms with van der Waals surface area (Å²) in [5.74, 6) is 0.327. The maximum Gasteiger partial charge on any atom is 0.243 e. The normalized spacial score (nSPS) is 16.3. The Balaban J connectivity index is 1.60. The highest BCUT2D eigenvalue weighted by molar-refractivity contribution is 7.89.